The second kappa shape index (κ2) is 4.71. The summed E-state index contributed by atoms with van der Waals surface area (Å²) in [6.45, 7) is 4.54. The minimum atomic E-state index is -0.627. The lowest BCUT2D eigenvalue weighted by atomic mass is 9.62. The summed E-state index contributed by atoms with van der Waals surface area (Å²) in [6.07, 6.45) is 7.46. The van der Waals surface area contributed by atoms with Crippen LogP contribution in [0.15, 0.2) is 11.6 Å². The van der Waals surface area contributed by atoms with E-state index in [9.17, 15) is 5.11 Å². The SMILES string of the molecule is COCO[C@@H]1CCCC2=CC(C)(O)CC[C@@]21C. The predicted octanol–water partition coefficient (Wildman–Crippen LogP) is 2.64. The molecule has 2 aliphatic rings. The summed E-state index contributed by atoms with van der Waals surface area (Å²) in [4.78, 5) is 0. The van der Waals surface area contributed by atoms with Gasteiger partial charge in [0.05, 0.1) is 11.7 Å². The Kier molecular flexibility index (Phi) is 3.62. The van der Waals surface area contributed by atoms with Gasteiger partial charge in [-0.2, -0.15) is 0 Å². The minimum Gasteiger partial charge on any atom is -0.386 e. The van der Waals surface area contributed by atoms with Crippen LogP contribution in [0, 0.1) is 5.41 Å². The Morgan fingerprint density at radius 2 is 2.18 bits per heavy atom. The first-order valence-corrected chi connectivity index (χ1v) is 6.53. The molecule has 3 heteroatoms. The molecule has 0 aromatic rings. The third-order valence-electron chi connectivity index (χ3n) is 4.38. The Hall–Kier alpha value is -0.380. The van der Waals surface area contributed by atoms with Gasteiger partial charge in [-0.25, -0.2) is 0 Å². The van der Waals surface area contributed by atoms with E-state index in [0.717, 1.165) is 32.1 Å². The number of methoxy groups -OCH3 is 1. The monoisotopic (exact) mass is 240 g/mol. The summed E-state index contributed by atoms with van der Waals surface area (Å²) in [5, 5.41) is 10.1. The van der Waals surface area contributed by atoms with Crippen molar-refractivity contribution in [1.82, 2.24) is 0 Å². The molecule has 0 heterocycles. The van der Waals surface area contributed by atoms with Gasteiger partial charge in [0.2, 0.25) is 0 Å². The highest BCUT2D eigenvalue weighted by atomic mass is 16.7. The predicted molar refractivity (Wildman–Crippen MR) is 66.6 cm³/mol. The van der Waals surface area contributed by atoms with Gasteiger partial charge < -0.3 is 14.6 Å². The topological polar surface area (TPSA) is 38.7 Å². The van der Waals surface area contributed by atoms with Gasteiger partial charge in [-0.1, -0.05) is 18.6 Å². The van der Waals surface area contributed by atoms with E-state index < -0.39 is 5.60 Å². The first kappa shape index (κ1) is 13.1. The van der Waals surface area contributed by atoms with Crippen molar-refractivity contribution in [3.8, 4) is 0 Å². The molecule has 0 spiro atoms. The van der Waals surface area contributed by atoms with Crippen molar-refractivity contribution in [3.63, 3.8) is 0 Å². The second-order valence-corrected chi connectivity index (χ2v) is 5.90. The van der Waals surface area contributed by atoms with Gasteiger partial charge >= 0.3 is 0 Å². The summed E-state index contributed by atoms with van der Waals surface area (Å²) in [7, 11) is 1.66. The van der Waals surface area contributed by atoms with Gasteiger partial charge in [-0.05, 0) is 39.0 Å². The molecular weight excluding hydrogens is 216 g/mol. The molecule has 0 saturated heterocycles. The average Bonchev–Trinajstić information content (AvgIpc) is 2.27. The largest absolute Gasteiger partial charge is 0.386 e. The van der Waals surface area contributed by atoms with Crippen LogP contribution in [0.25, 0.3) is 0 Å². The zero-order valence-electron chi connectivity index (χ0n) is 11.2. The number of fused-ring (bicyclic) bond motifs is 1. The summed E-state index contributed by atoms with van der Waals surface area (Å²) < 4.78 is 10.8. The van der Waals surface area contributed by atoms with Gasteiger partial charge in [0.15, 0.2) is 0 Å². The summed E-state index contributed by atoms with van der Waals surface area (Å²) in [6, 6.07) is 0. The molecular formula is C14H24O3. The van der Waals surface area contributed by atoms with Gasteiger partial charge in [-0.15, -0.1) is 0 Å². The Balaban J connectivity index is 2.18. The first-order chi connectivity index (χ1) is 7.98. The molecule has 1 fully saturated rings. The number of hydrogen-bond acceptors (Lipinski definition) is 3. The zero-order chi connectivity index (χ0) is 12.5. The van der Waals surface area contributed by atoms with E-state index >= 15 is 0 Å². The highest BCUT2D eigenvalue weighted by Crippen LogP contribution is 2.50. The fraction of sp³-hybridized carbons (Fsp3) is 0.857. The molecule has 3 atom stereocenters. The van der Waals surface area contributed by atoms with Crippen LogP contribution >= 0.6 is 0 Å². The number of ether oxygens (including phenoxy) is 2. The molecule has 1 unspecified atom stereocenters. The maximum Gasteiger partial charge on any atom is 0.146 e. The van der Waals surface area contributed by atoms with Crippen LogP contribution in [0.5, 0.6) is 0 Å². The van der Waals surface area contributed by atoms with Gasteiger partial charge in [-0.3, -0.25) is 0 Å². The summed E-state index contributed by atoms with van der Waals surface area (Å²) in [5.41, 5.74) is 0.845. The molecule has 3 nitrogen and oxygen atoms in total. The molecule has 1 saturated carbocycles. The highest BCUT2D eigenvalue weighted by Gasteiger charge is 2.45. The third-order valence-corrected chi connectivity index (χ3v) is 4.38. The number of rotatable bonds is 3. The fourth-order valence-corrected chi connectivity index (χ4v) is 3.23. The molecule has 0 aliphatic heterocycles. The molecule has 0 amide bonds. The van der Waals surface area contributed by atoms with E-state index in [1.54, 1.807) is 7.11 Å². The molecule has 0 aromatic carbocycles. The van der Waals surface area contributed by atoms with Crippen LogP contribution in [-0.4, -0.2) is 30.7 Å². The molecule has 2 rings (SSSR count). The number of hydrogen-bond donors (Lipinski definition) is 1. The molecule has 0 bridgehead atoms. The van der Waals surface area contributed by atoms with Crippen molar-refractivity contribution >= 4 is 0 Å². The van der Waals surface area contributed by atoms with E-state index in [4.69, 9.17) is 9.47 Å². The first-order valence-electron chi connectivity index (χ1n) is 6.53. The van der Waals surface area contributed by atoms with E-state index in [2.05, 4.69) is 13.0 Å². The van der Waals surface area contributed by atoms with Crippen LogP contribution in [0.2, 0.25) is 0 Å². The fourth-order valence-electron chi connectivity index (χ4n) is 3.23. The lowest BCUT2D eigenvalue weighted by Crippen LogP contribution is -2.45. The summed E-state index contributed by atoms with van der Waals surface area (Å²) in [5.74, 6) is 0. The third kappa shape index (κ3) is 2.56. The van der Waals surface area contributed by atoms with Crippen molar-refractivity contribution in [2.75, 3.05) is 13.9 Å². The Morgan fingerprint density at radius 3 is 2.88 bits per heavy atom. The van der Waals surface area contributed by atoms with Gasteiger partial charge in [0.1, 0.15) is 6.79 Å². The Bertz CT molecular complexity index is 309. The molecule has 0 radical (unpaired) electrons. The maximum absolute atomic E-state index is 10.1. The maximum atomic E-state index is 10.1. The highest BCUT2D eigenvalue weighted by molar-refractivity contribution is 5.26. The molecule has 98 valence electrons. The Labute approximate surface area is 104 Å². The van der Waals surface area contributed by atoms with Crippen molar-refractivity contribution in [1.29, 1.82) is 0 Å². The number of aliphatic hydroxyl groups is 1. The van der Waals surface area contributed by atoms with Crippen molar-refractivity contribution < 1.29 is 14.6 Å². The van der Waals surface area contributed by atoms with Crippen molar-refractivity contribution in [2.24, 2.45) is 5.41 Å². The quantitative estimate of drug-likeness (QED) is 0.609. The van der Waals surface area contributed by atoms with E-state index in [1.165, 1.54) is 5.57 Å². The van der Waals surface area contributed by atoms with Crippen LogP contribution in [0.1, 0.15) is 46.0 Å². The normalized spacial score (nSPS) is 41.9. The molecule has 17 heavy (non-hydrogen) atoms. The minimum absolute atomic E-state index is 0.0962. The smallest absolute Gasteiger partial charge is 0.146 e. The standard InChI is InChI=1S/C14H24O3/c1-13(15)7-8-14(2)11(9-13)5-4-6-12(14)17-10-16-3/h9,12,15H,4-8,10H2,1-3H3/t12-,13?,14+/m1/s1. The van der Waals surface area contributed by atoms with Crippen LogP contribution in [-0.2, 0) is 9.47 Å². The Morgan fingerprint density at radius 1 is 1.41 bits per heavy atom. The van der Waals surface area contributed by atoms with Crippen molar-refractivity contribution in [3.05, 3.63) is 11.6 Å². The molecule has 0 aromatic heterocycles. The van der Waals surface area contributed by atoms with E-state index in [-0.39, 0.29) is 11.5 Å². The van der Waals surface area contributed by atoms with Gasteiger partial charge in [0, 0.05) is 12.5 Å². The van der Waals surface area contributed by atoms with Gasteiger partial charge in [0.25, 0.3) is 0 Å². The summed E-state index contributed by atoms with van der Waals surface area (Å²) >= 11 is 0. The van der Waals surface area contributed by atoms with Crippen molar-refractivity contribution in [2.45, 2.75) is 57.7 Å². The lowest BCUT2D eigenvalue weighted by Gasteiger charge is -2.48. The molecule has 1 N–H and O–H groups in total. The average molecular weight is 240 g/mol. The second-order valence-electron chi connectivity index (χ2n) is 5.90. The van der Waals surface area contributed by atoms with E-state index in [0.29, 0.717) is 6.79 Å². The molecule has 2 aliphatic carbocycles. The zero-order valence-corrected chi connectivity index (χ0v) is 11.2. The van der Waals surface area contributed by atoms with Crippen LogP contribution in [0.4, 0.5) is 0 Å². The van der Waals surface area contributed by atoms with Crippen LogP contribution in [0.3, 0.4) is 0 Å². The van der Waals surface area contributed by atoms with Crippen LogP contribution < -0.4 is 0 Å². The van der Waals surface area contributed by atoms with E-state index in [1.807, 2.05) is 6.92 Å². The lowest BCUT2D eigenvalue weighted by molar-refractivity contribution is -0.123.